The van der Waals surface area contributed by atoms with E-state index in [4.69, 9.17) is 17.0 Å². The van der Waals surface area contributed by atoms with Gasteiger partial charge in [-0.15, -0.1) is 0 Å². The van der Waals surface area contributed by atoms with Gasteiger partial charge < -0.3 is 20.3 Å². The van der Waals surface area contributed by atoms with Gasteiger partial charge in [-0.3, -0.25) is 0 Å². The van der Waals surface area contributed by atoms with E-state index in [-0.39, 0.29) is 12.0 Å². The van der Waals surface area contributed by atoms with Crippen molar-refractivity contribution in [2.75, 3.05) is 30.4 Å². The highest BCUT2D eigenvalue weighted by Crippen LogP contribution is 2.25. The highest BCUT2D eigenvalue weighted by molar-refractivity contribution is 7.80. The molecule has 0 saturated carbocycles. The smallest absolute Gasteiger partial charge is 0.337 e. The molecule has 2 aromatic rings. The predicted octanol–water partition coefficient (Wildman–Crippen LogP) is 5.07. The van der Waals surface area contributed by atoms with Crippen molar-refractivity contribution >= 4 is 34.7 Å². The van der Waals surface area contributed by atoms with E-state index in [1.807, 2.05) is 13.0 Å². The molecule has 0 radical (unpaired) electrons. The molecule has 0 aromatic heterocycles. The minimum atomic E-state index is -0.367. The van der Waals surface area contributed by atoms with Crippen LogP contribution in [0.15, 0.2) is 42.5 Å². The second-order valence-electron chi connectivity index (χ2n) is 8.13. The van der Waals surface area contributed by atoms with Crippen LogP contribution >= 0.6 is 12.2 Å². The number of benzene rings is 2. The van der Waals surface area contributed by atoms with E-state index in [1.54, 1.807) is 12.1 Å². The van der Waals surface area contributed by atoms with E-state index >= 15 is 0 Å². The summed E-state index contributed by atoms with van der Waals surface area (Å²) in [6.45, 7) is 8.64. The molecular weight excluding hydrogens is 394 g/mol. The van der Waals surface area contributed by atoms with Gasteiger partial charge in [0.2, 0.25) is 0 Å². The van der Waals surface area contributed by atoms with Crippen LogP contribution in [0.25, 0.3) is 0 Å². The van der Waals surface area contributed by atoms with Gasteiger partial charge in [0.25, 0.3) is 0 Å². The molecule has 6 heteroatoms. The normalized spacial score (nSPS) is 17.2. The first-order valence-corrected chi connectivity index (χ1v) is 10.9. The Bertz CT molecular complexity index is 898. The summed E-state index contributed by atoms with van der Waals surface area (Å²) in [4.78, 5) is 14.3. The molecule has 0 unspecified atom stereocenters. The molecule has 3 rings (SSSR count). The van der Waals surface area contributed by atoms with Gasteiger partial charge in [-0.2, -0.15) is 0 Å². The second kappa shape index (κ2) is 9.94. The van der Waals surface area contributed by atoms with Crippen molar-refractivity contribution in [2.45, 2.75) is 39.7 Å². The lowest BCUT2D eigenvalue weighted by Crippen LogP contribution is -2.34. The van der Waals surface area contributed by atoms with E-state index in [0.717, 1.165) is 30.3 Å². The monoisotopic (exact) mass is 425 g/mol. The van der Waals surface area contributed by atoms with Crippen LogP contribution in [0.5, 0.6) is 0 Å². The molecule has 0 aliphatic carbocycles. The zero-order valence-corrected chi connectivity index (χ0v) is 19.0. The van der Waals surface area contributed by atoms with Crippen LogP contribution in [-0.2, 0) is 4.74 Å². The van der Waals surface area contributed by atoms with Crippen LogP contribution in [0, 0.1) is 12.8 Å². The molecule has 160 valence electrons. The Morgan fingerprint density at radius 2 is 1.97 bits per heavy atom. The number of carbonyl (C=O) groups excluding carboxylic acids is 1. The fourth-order valence-corrected chi connectivity index (χ4v) is 4.12. The van der Waals surface area contributed by atoms with E-state index in [0.29, 0.717) is 10.7 Å². The van der Waals surface area contributed by atoms with Crippen molar-refractivity contribution in [3.63, 3.8) is 0 Å². The maximum absolute atomic E-state index is 11.8. The molecular formula is C24H31N3O2S. The summed E-state index contributed by atoms with van der Waals surface area (Å²) in [7, 11) is 1.38. The number of carbonyl (C=O) groups is 1. The van der Waals surface area contributed by atoms with Gasteiger partial charge in [-0.05, 0) is 80.2 Å². The number of esters is 1. The van der Waals surface area contributed by atoms with Crippen LogP contribution in [0.1, 0.15) is 54.2 Å². The van der Waals surface area contributed by atoms with Crippen LogP contribution in [0.4, 0.5) is 11.4 Å². The Morgan fingerprint density at radius 3 is 2.63 bits per heavy atom. The Kier molecular flexibility index (Phi) is 7.32. The molecule has 2 aromatic carbocycles. The fourth-order valence-electron chi connectivity index (χ4n) is 3.84. The third kappa shape index (κ3) is 5.51. The number of piperidine rings is 1. The zero-order valence-electron chi connectivity index (χ0n) is 18.2. The minimum Gasteiger partial charge on any atom is -0.465 e. The molecule has 0 bridgehead atoms. The van der Waals surface area contributed by atoms with Gasteiger partial charge >= 0.3 is 5.97 Å². The molecule has 30 heavy (non-hydrogen) atoms. The van der Waals surface area contributed by atoms with Gasteiger partial charge in [0.15, 0.2) is 5.11 Å². The molecule has 1 aliphatic rings. The maximum atomic E-state index is 11.8. The first kappa shape index (κ1) is 22.1. The Labute approximate surface area is 184 Å². The molecule has 0 amide bonds. The summed E-state index contributed by atoms with van der Waals surface area (Å²) in [5, 5.41) is 7.05. The topological polar surface area (TPSA) is 53.6 Å². The van der Waals surface area contributed by atoms with Crippen LogP contribution in [0.3, 0.4) is 0 Å². The Balaban J connectivity index is 1.61. The second-order valence-corrected chi connectivity index (χ2v) is 8.53. The lowest BCUT2D eigenvalue weighted by molar-refractivity contribution is 0.0601. The number of nitrogens with zero attached hydrogens (tertiary/aromatic N) is 1. The molecule has 1 aliphatic heterocycles. The summed E-state index contributed by atoms with van der Waals surface area (Å²) in [6.07, 6.45) is 2.58. The van der Waals surface area contributed by atoms with E-state index in [1.165, 1.54) is 31.2 Å². The number of hydrogen-bond donors (Lipinski definition) is 2. The van der Waals surface area contributed by atoms with Gasteiger partial charge in [-0.25, -0.2) is 4.79 Å². The van der Waals surface area contributed by atoms with Crippen LogP contribution < -0.4 is 15.5 Å². The highest BCUT2D eigenvalue weighted by Gasteiger charge is 2.17. The van der Waals surface area contributed by atoms with Crippen molar-refractivity contribution < 1.29 is 9.53 Å². The quantitative estimate of drug-likeness (QED) is 0.516. The average Bonchev–Trinajstić information content (AvgIpc) is 2.74. The highest BCUT2D eigenvalue weighted by atomic mass is 32.1. The van der Waals surface area contributed by atoms with E-state index in [9.17, 15) is 4.79 Å². The average molecular weight is 426 g/mol. The van der Waals surface area contributed by atoms with Crippen LogP contribution in [0.2, 0.25) is 0 Å². The number of rotatable bonds is 5. The number of aryl methyl sites for hydroxylation is 1. The fraction of sp³-hybridized carbons (Fsp3) is 0.417. The summed E-state index contributed by atoms with van der Waals surface area (Å²) >= 11 is 5.50. The lowest BCUT2D eigenvalue weighted by Gasteiger charge is -2.33. The third-order valence-electron chi connectivity index (χ3n) is 5.67. The number of methoxy groups -OCH3 is 1. The molecule has 2 atom stereocenters. The first-order chi connectivity index (χ1) is 14.4. The summed E-state index contributed by atoms with van der Waals surface area (Å²) < 4.78 is 4.80. The third-order valence-corrected chi connectivity index (χ3v) is 5.89. The predicted molar refractivity (Wildman–Crippen MR) is 127 cm³/mol. The van der Waals surface area contributed by atoms with E-state index < -0.39 is 0 Å². The lowest BCUT2D eigenvalue weighted by atomic mass is 9.99. The summed E-state index contributed by atoms with van der Waals surface area (Å²) in [5.74, 6) is 0.386. The molecule has 1 saturated heterocycles. The van der Waals surface area contributed by atoms with Crippen molar-refractivity contribution in [1.29, 1.82) is 0 Å². The van der Waals surface area contributed by atoms with Gasteiger partial charge in [-0.1, -0.05) is 25.1 Å². The van der Waals surface area contributed by atoms with Crippen molar-refractivity contribution in [3.8, 4) is 0 Å². The largest absolute Gasteiger partial charge is 0.465 e. The van der Waals surface area contributed by atoms with Crippen LogP contribution in [-0.4, -0.2) is 31.3 Å². The maximum Gasteiger partial charge on any atom is 0.337 e. The number of anilines is 2. The summed E-state index contributed by atoms with van der Waals surface area (Å²) in [6, 6.07) is 14.2. The molecule has 0 spiro atoms. The molecule has 1 fully saturated rings. The minimum absolute atomic E-state index is 0.0587. The van der Waals surface area contributed by atoms with E-state index in [2.05, 4.69) is 53.6 Å². The SMILES string of the molecule is COC(=O)c1ccc(C)c(NC(=S)N[C@H](C)c2ccc(N3CCC[C@@H](C)C3)cc2)c1. The first-order valence-electron chi connectivity index (χ1n) is 10.5. The number of hydrogen-bond acceptors (Lipinski definition) is 4. The van der Waals surface area contributed by atoms with Gasteiger partial charge in [0.05, 0.1) is 18.7 Å². The van der Waals surface area contributed by atoms with Gasteiger partial charge in [0, 0.05) is 24.5 Å². The summed E-state index contributed by atoms with van der Waals surface area (Å²) in [5.41, 5.74) is 4.74. The zero-order chi connectivity index (χ0) is 21.7. The van der Waals surface area contributed by atoms with Crippen molar-refractivity contribution in [1.82, 2.24) is 5.32 Å². The standard InChI is InChI=1S/C24H31N3O2S/c1-16-6-5-13-27(15-16)21-11-9-19(10-12-21)18(3)25-24(30)26-22-14-20(23(28)29-4)8-7-17(22)2/h7-12,14,16,18H,5-6,13,15H2,1-4H3,(H2,25,26,30)/t16-,18-/m1/s1. The Hall–Kier alpha value is -2.60. The number of thiocarbonyl (C=S) groups is 1. The van der Waals surface area contributed by atoms with Crippen molar-refractivity contribution in [3.05, 3.63) is 59.2 Å². The molecule has 5 nitrogen and oxygen atoms in total. The molecule has 2 N–H and O–H groups in total. The molecule has 1 heterocycles. The van der Waals surface area contributed by atoms with Gasteiger partial charge in [0.1, 0.15) is 0 Å². The Morgan fingerprint density at radius 1 is 1.23 bits per heavy atom. The van der Waals surface area contributed by atoms with Crippen molar-refractivity contribution in [2.24, 2.45) is 5.92 Å². The number of nitrogens with one attached hydrogen (secondary N) is 2. The number of ether oxygens (including phenoxy) is 1.